The third-order valence-electron chi connectivity index (χ3n) is 3.68. The number of rotatable bonds is 9. The highest BCUT2D eigenvalue weighted by molar-refractivity contribution is 8.13. The largest absolute Gasteiger partial charge is 0.360 e. The minimum Gasteiger partial charge on any atom is -0.360 e. The number of aliphatic imine (C=N–C) groups is 1. The summed E-state index contributed by atoms with van der Waals surface area (Å²) in [5.41, 5.74) is 0.239. The summed E-state index contributed by atoms with van der Waals surface area (Å²) in [5.74, 6) is 1.20. The zero-order valence-corrected chi connectivity index (χ0v) is 14.0. The minimum absolute atomic E-state index is 0.239. The summed E-state index contributed by atoms with van der Waals surface area (Å²) >= 11 is 1.88. The maximum absolute atomic E-state index is 4.69. The molecule has 0 bridgehead atoms. The molecule has 1 rings (SSSR count). The van der Waals surface area contributed by atoms with Crippen LogP contribution < -0.4 is 5.32 Å². The molecule has 0 saturated carbocycles. The van der Waals surface area contributed by atoms with E-state index in [9.17, 15) is 0 Å². The van der Waals surface area contributed by atoms with Gasteiger partial charge in [-0.15, -0.1) is 0 Å². The van der Waals surface area contributed by atoms with Crippen LogP contribution in [0.25, 0.3) is 0 Å². The van der Waals surface area contributed by atoms with Crippen LogP contribution >= 0.6 is 11.8 Å². The summed E-state index contributed by atoms with van der Waals surface area (Å²) in [6, 6.07) is 0. The van der Waals surface area contributed by atoms with Crippen molar-refractivity contribution in [1.29, 1.82) is 0 Å². The average Bonchev–Trinajstić information content (AvgIpc) is 2.36. The first-order valence-electron chi connectivity index (χ1n) is 8.09. The molecule has 1 fully saturated rings. The van der Waals surface area contributed by atoms with E-state index >= 15 is 0 Å². The molecule has 0 amide bonds. The van der Waals surface area contributed by atoms with Crippen LogP contribution in [0.15, 0.2) is 4.99 Å². The zero-order chi connectivity index (χ0) is 14.0. The second kappa shape index (κ2) is 9.68. The quantitative estimate of drug-likeness (QED) is 0.603. The maximum atomic E-state index is 4.69. The predicted octanol–water partition coefficient (Wildman–Crippen LogP) is 4.99. The molecule has 0 aromatic rings. The van der Waals surface area contributed by atoms with Crippen LogP contribution in [-0.2, 0) is 0 Å². The lowest BCUT2D eigenvalue weighted by atomic mass is 10.0. The first kappa shape index (κ1) is 16.9. The van der Waals surface area contributed by atoms with Crippen LogP contribution in [0.5, 0.6) is 0 Å². The van der Waals surface area contributed by atoms with Crippen LogP contribution in [0, 0.1) is 0 Å². The molecule has 0 aromatic heterocycles. The number of nitrogens with one attached hydrogen (secondary N) is 1. The molecule has 1 aliphatic rings. The Kier molecular flexibility index (Phi) is 8.60. The monoisotopic (exact) mass is 284 g/mol. The fourth-order valence-electron chi connectivity index (χ4n) is 2.30. The number of hydrogen-bond donors (Lipinski definition) is 1. The normalized spacial score (nSPS) is 20.5. The lowest BCUT2D eigenvalue weighted by molar-refractivity contribution is 0.446. The molecule has 0 atom stereocenters. The molecule has 0 unspecified atom stereocenters. The van der Waals surface area contributed by atoms with Gasteiger partial charge < -0.3 is 5.32 Å². The molecule has 1 aliphatic heterocycles. The van der Waals surface area contributed by atoms with Gasteiger partial charge in [0.1, 0.15) is 0 Å². The van der Waals surface area contributed by atoms with Crippen molar-refractivity contribution >= 4 is 16.9 Å². The number of thioether (sulfide) groups is 1. The van der Waals surface area contributed by atoms with Crippen molar-refractivity contribution in [3.63, 3.8) is 0 Å². The van der Waals surface area contributed by atoms with E-state index in [2.05, 4.69) is 26.1 Å². The highest BCUT2D eigenvalue weighted by atomic mass is 32.2. The molecular formula is C16H32N2S. The molecule has 0 radical (unpaired) electrons. The molecular weight excluding hydrogens is 252 g/mol. The molecule has 112 valence electrons. The van der Waals surface area contributed by atoms with Crippen LogP contribution in [0.3, 0.4) is 0 Å². The van der Waals surface area contributed by atoms with Crippen molar-refractivity contribution in [2.75, 3.05) is 12.3 Å². The lowest BCUT2D eigenvalue weighted by Crippen LogP contribution is -2.46. The van der Waals surface area contributed by atoms with Crippen molar-refractivity contribution in [3.8, 4) is 0 Å². The summed E-state index contributed by atoms with van der Waals surface area (Å²) in [4.78, 5) is 4.69. The number of nitrogens with zero attached hydrogens (tertiary/aromatic N) is 1. The van der Waals surface area contributed by atoms with E-state index in [4.69, 9.17) is 4.99 Å². The Hall–Kier alpha value is -0.180. The standard InChI is InChI=1S/C16H32N2S/c1-4-5-6-7-8-9-10-11-13-17-15-18-16(2,3)12-14-19-15/h4-14H2,1-3H3,(H,17,18). The highest BCUT2D eigenvalue weighted by Crippen LogP contribution is 2.21. The van der Waals surface area contributed by atoms with Gasteiger partial charge in [-0.25, -0.2) is 0 Å². The second-order valence-corrected chi connectivity index (χ2v) is 7.35. The summed E-state index contributed by atoms with van der Waals surface area (Å²) in [7, 11) is 0. The summed E-state index contributed by atoms with van der Waals surface area (Å²) in [6.07, 6.45) is 12.2. The van der Waals surface area contributed by atoms with E-state index in [0.29, 0.717) is 0 Å². The Balaban J connectivity index is 1.98. The van der Waals surface area contributed by atoms with Gasteiger partial charge in [-0.2, -0.15) is 0 Å². The number of amidine groups is 1. The summed E-state index contributed by atoms with van der Waals surface area (Å²) < 4.78 is 0. The smallest absolute Gasteiger partial charge is 0.156 e. The van der Waals surface area contributed by atoms with Gasteiger partial charge in [-0.3, -0.25) is 4.99 Å². The highest BCUT2D eigenvalue weighted by Gasteiger charge is 2.23. The first-order chi connectivity index (χ1) is 9.14. The first-order valence-corrected chi connectivity index (χ1v) is 9.08. The summed E-state index contributed by atoms with van der Waals surface area (Å²) in [6.45, 7) is 7.80. The molecule has 1 saturated heterocycles. The van der Waals surface area contributed by atoms with E-state index in [-0.39, 0.29) is 5.54 Å². The number of unbranched alkanes of at least 4 members (excludes halogenated alkanes) is 7. The van der Waals surface area contributed by atoms with Crippen LogP contribution in [-0.4, -0.2) is 23.0 Å². The van der Waals surface area contributed by atoms with Crippen molar-refractivity contribution in [2.45, 2.75) is 84.1 Å². The predicted molar refractivity (Wildman–Crippen MR) is 89.2 cm³/mol. The Bertz CT molecular complexity index is 261. The Morgan fingerprint density at radius 3 is 2.32 bits per heavy atom. The van der Waals surface area contributed by atoms with Gasteiger partial charge >= 0.3 is 0 Å². The van der Waals surface area contributed by atoms with Crippen molar-refractivity contribution in [3.05, 3.63) is 0 Å². The topological polar surface area (TPSA) is 24.4 Å². The fraction of sp³-hybridized carbons (Fsp3) is 0.938. The second-order valence-electron chi connectivity index (χ2n) is 6.27. The van der Waals surface area contributed by atoms with Crippen LogP contribution in [0.2, 0.25) is 0 Å². The molecule has 19 heavy (non-hydrogen) atoms. The molecule has 0 aliphatic carbocycles. The van der Waals surface area contributed by atoms with Gasteiger partial charge in [0.15, 0.2) is 5.17 Å². The van der Waals surface area contributed by atoms with Gasteiger partial charge in [0.25, 0.3) is 0 Å². The molecule has 0 spiro atoms. The zero-order valence-electron chi connectivity index (χ0n) is 13.1. The van der Waals surface area contributed by atoms with E-state index in [1.54, 1.807) is 0 Å². The molecule has 0 aromatic carbocycles. The van der Waals surface area contributed by atoms with E-state index in [1.807, 2.05) is 11.8 Å². The lowest BCUT2D eigenvalue weighted by Gasteiger charge is -2.32. The molecule has 2 nitrogen and oxygen atoms in total. The Morgan fingerprint density at radius 2 is 1.68 bits per heavy atom. The third kappa shape index (κ3) is 8.56. The fourth-order valence-corrected chi connectivity index (χ4v) is 3.64. The Morgan fingerprint density at radius 1 is 1.05 bits per heavy atom. The van der Waals surface area contributed by atoms with Gasteiger partial charge in [0.05, 0.1) is 0 Å². The molecule has 1 heterocycles. The maximum Gasteiger partial charge on any atom is 0.156 e. The van der Waals surface area contributed by atoms with Gasteiger partial charge in [0.2, 0.25) is 0 Å². The third-order valence-corrected chi connectivity index (χ3v) is 4.59. The van der Waals surface area contributed by atoms with E-state index in [1.165, 1.54) is 68.7 Å². The van der Waals surface area contributed by atoms with E-state index < -0.39 is 0 Å². The summed E-state index contributed by atoms with van der Waals surface area (Å²) in [5, 5.41) is 4.70. The molecule has 3 heteroatoms. The van der Waals surface area contributed by atoms with Crippen molar-refractivity contribution in [2.24, 2.45) is 4.99 Å². The van der Waals surface area contributed by atoms with Crippen LogP contribution in [0.4, 0.5) is 0 Å². The number of hydrogen-bond acceptors (Lipinski definition) is 2. The SMILES string of the molecule is CCCCCCCCCCN=C1NC(C)(C)CCS1. The van der Waals surface area contributed by atoms with Gasteiger partial charge in [-0.05, 0) is 26.7 Å². The van der Waals surface area contributed by atoms with Crippen molar-refractivity contribution < 1.29 is 0 Å². The van der Waals surface area contributed by atoms with Gasteiger partial charge in [-0.1, -0.05) is 63.6 Å². The Labute approximate surface area is 124 Å². The minimum atomic E-state index is 0.239. The van der Waals surface area contributed by atoms with E-state index in [0.717, 1.165) is 6.54 Å². The van der Waals surface area contributed by atoms with Gasteiger partial charge in [0, 0.05) is 17.8 Å². The van der Waals surface area contributed by atoms with Crippen molar-refractivity contribution in [1.82, 2.24) is 5.32 Å². The average molecular weight is 285 g/mol. The van der Waals surface area contributed by atoms with Crippen LogP contribution in [0.1, 0.15) is 78.6 Å². The molecule has 1 N–H and O–H groups in total.